The van der Waals surface area contributed by atoms with Crippen LogP contribution in [0.5, 0.6) is 0 Å². The minimum Gasteiger partial charge on any atom is -0.389 e. The Morgan fingerprint density at radius 2 is 2.05 bits per heavy atom. The summed E-state index contributed by atoms with van der Waals surface area (Å²) in [5.74, 6) is 0. The first kappa shape index (κ1) is 14.3. The Labute approximate surface area is 118 Å². The maximum absolute atomic E-state index is 9.86. The van der Waals surface area contributed by atoms with Crippen molar-refractivity contribution in [1.82, 2.24) is 9.88 Å². The Hall–Kier alpha value is -1.16. The van der Waals surface area contributed by atoms with E-state index < -0.39 is 5.60 Å². The van der Waals surface area contributed by atoms with E-state index in [2.05, 4.69) is 9.88 Å². The molecule has 2 aromatic rings. The first-order valence-corrected chi connectivity index (χ1v) is 6.68. The van der Waals surface area contributed by atoms with Gasteiger partial charge in [0.2, 0.25) is 0 Å². The summed E-state index contributed by atoms with van der Waals surface area (Å²) in [4.78, 5) is 6.47. The normalized spacial score (nSPS) is 12.3. The Morgan fingerprint density at radius 3 is 2.74 bits per heavy atom. The zero-order valence-corrected chi connectivity index (χ0v) is 12.3. The Balaban J connectivity index is 2.32. The molecule has 4 heteroatoms. The highest BCUT2D eigenvalue weighted by molar-refractivity contribution is 6.32. The fourth-order valence-electron chi connectivity index (χ4n) is 2.32. The van der Waals surface area contributed by atoms with Gasteiger partial charge in [0, 0.05) is 35.3 Å². The molecule has 0 aliphatic rings. The van der Waals surface area contributed by atoms with Crippen LogP contribution >= 0.6 is 11.6 Å². The molecule has 0 spiro atoms. The summed E-state index contributed by atoms with van der Waals surface area (Å²) in [6, 6.07) is 7.82. The SMILES string of the molecule is CN(Cc1c(Cl)ccc2cccnc12)CC(C)(C)O. The number of hydrogen-bond donors (Lipinski definition) is 1. The van der Waals surface area contributed by atoms with E-state index in [0.717, 1.165) is 16.5 Å². The third-order valence-electron chi connectivity index (χ3n) is 2.91. The highest BCUT2D eigenvalue weighted by Gasteiger charge is 2.17. The molecule has 0 unspecified atom stereocenters. The van der Waals surface area contributed by atoms with E-state index in [1.807, 2.05) is 31.3 Å². The van der Waals surface area contributed by atoms with Gasteiger partial charge >= 0.3 is 0 Å². The van der Waals surface area contributed by atoms with Gasteiger partial charge in [-0.1, -0.05) is 23.7 Å². The number of likely N-dealkylation sites (N-methyl/N-ethyl adjacent to an activating group) is 1. The maximum atomic E-state index is 9.86. The van der Waals surface area contributed by atoms with Crippen LogP contribution in [0.3, 0.4) is 0 Å². The van der Waals surface area contributed by atoms with Gasteiger partial charge in [0.15, 0.2) is 0 Å². The van der Waals surface area contributed by atoms with E-state index in [-0.39, 0.29) is 0 Å². The standard InChI is InChI=1S/C15H19ClN2O/c1-15(2,19)10-18(3)9-12-13(16)7-6-11-5-4-8-17-14(11)12/h4-8,19H,9-10H2,1-3H3. The molecule has 0 amide bonds. The van der Waals surface area contributed by atoms with Crippen molar-refractivity contribution >= 4 is 22.5 Å². The number of fused-ring (bicyclic) bond motifs is 1. The second kappa shape index (κ2) is 5.45. The predicted octanol–water partition coefficient (Wildman–Crippen LogP) is 3.09. The number of aliphatic hydroxyl groups is 1. The predicted molar refractivity (Wildman–Crippen MR) is 79.4 cm³/mol. The number of benzene rings is 1. The average Bonchev–Trinajstić information content (AvgIpc) is 2.31. The summed E-state index contributed by atoms with van der Waals surface area (Å²) >= 11 is 6.29. The van der Waals surface area contributed by atoms with Gasteiger partial charge in [-0.3, -0.25) is 9.88 Å². The number of pyridine rings is 1. The highest BCUT2D eigenvalue weighted by atomic mass is 35.5. The molecule has 3 nitrogen and oxygen atoms in total. The molecule has 1 aromatic carbocycles. The smallest absolute Gasteiger partial charge is 0.0761 e. The van der Waals surface area contributed by atoms with Crippen molar-refractivity contribution in [3.8, 4) is 0 Å². The van der Waals surface area contributed by atoms with Gasteiger partial charge in [0.05, 0.1) is 11.1 Å². The van der Waals surface area contributed by atoms with Crippen molar-refractivity contribution in [3.63, 3.8) is 0 Å². The van der Waals surface area contributed by atoms with Crippen molar-refractivity contribution in [2.24, 2.45) is 0 Å². The van der Waals surface area contributed by atoms with Gasteiger partial charge in [-0.2, -0.15) is 0 Å². The van der Waals surface area contributed by atoms with Crippen LogP contribution in [0.25, 0.3) is 10.9 Å². The van der Waals surface area contributed by atoms with Crippen LogP contribution in [0.15, 0.2) is 30.5 Å². The van der Waals surface area contributed by atoms with E-state index in [4.69, 9.17) is 11.6 Å². The van der Waals surface area contributed by atoms with Crippen molar-refractivity contribution in [1.29, 1.82) is 0 Å². The van der Waals surface area contributed by atoms with E-state index >= 15 is 0 Å². The van der Waals surface area contributed by atoms with Crippen LogP contribution in [-0.2, 0) is 6.54 Å². The first-order chi connectivity index (χ1) is 8.87. The molecule has 102 valence electrons. The van der Waals surface area contributed by atoms with Crippen LogP contribution in [0.2, 0.25) is 5.02 Å². The molecule has 0 fully saturated rings. The molecule has 0 saturated heterocycles. The Kier molecular flexibility index (Phi) is 4.09. The van der Waals surface area contributed by atoms with Crippen LogP contribution < -0.4 is 0 Å². The van der Waals surface area contributed by atoms with E-state index in [9.17, 15) is 5.11 Å². The Bertz CT molecular complexity index is 578. The van der Waals surface area contributed by atoms with E-state index in [0.29, 0.717) is 18.1 Å². The fraction of sp³-hybridized carbons (Fsp3) is 0.400. The van der Waals surface area contributed by atoms with Crippen LogP contribution in [0.4, 0.5) is 0 Å². The van der Waals surface area contributed by atoms with Crippen LogP contribution in [0.1, 0.15) is 19.4 Å². The largest absolute Gasteiger partial charge is 0.389 e. The zero-order valence-electron chi connectivity index (χ0n) is 11.5. The molecule has 1 heterocycles. The molecule has 0 radical (unpaired) electrons. The molecule has 0 aliphatic heterocycles. The molecule has 0 atom stereocenters. The second-order valence-electron chi connectivity index (χ2n) is 5.59. The van der Waals surface area contributed by atoms with Crippen molar-refractivity contribution in [2.45, 2.75) is 26.0 Å². The van der Waals surface area contributed by atoms with Crippen molar-refractivity contribution in [3.05, 3.63) is 41.0 Å². The van der Waals surface area contributed by atoms with Gasteiger partial charge in [-0.05, 0) is 33.0 Å². The lowest BCUT2D eigenvalue weighted by Crippen LogP contribution is -2.35. The summed E-state index contributed by atoms with van der Waals surface area (Å²) in [7, 11) is 1.97. The third-order valence-corrected chi connectivity index (χ3v) is 3.26. The monoisotopic (exact) mass is 278 g/mol. The summed E-state index contributed by atoms with van der Waals surface area (Å²) < 4.78 is 0. The van der Waals surface area contributed by atoms with Crippen LogP contribution in [0, 0.1) is 0 Å². The van der Waals surface area contributed by atoms with Crippen molar-refractivity contribution < 1.29 is 5.11 Å². The number of nitrogens with zero attached hydrogens (tertiary/aromatic N) is 2. The molecule has 1 N–H and O–H groups in total. The van der Waals surface area contributed by atoms with Gasteiger partial charge in [-0.15, -0.1) is 0 Å². The third kappa shape index (κ3) is 3.66. The topological polar surface area (TPSA) is 36.4 Å². The lowest BCUT2D eigenvalue weighted by Gasteiger charge is -2.26. The molecular weight excluding hydrogens is 260 g/mol. The first-order valence-electron chi connectivity index (χ1n) is 6.30. The molecule has 2 rings (SSSR count). The molecule has 1 aromatic heterocycles. The van der Waals surface area contributed by atoms with Crippen LogP contribution in [-0.4, -0.2) is 34.2 Å². The van der Waals surface area contributed by atoms with Gasteiger partial charge in [0.25, 0.3) is 0 Å². The molecule has 0 aliphatic carbocycles. The Morgan fingerprint density at radius 1 is 1.32 bits per heavy atom. The minimum atomic E-state index is -0.723. The van der Waals surface area contributed by atoms with E-state index in [1.54, 1.807) is 20.0 Å². The quantitative estimate of drug-likeness (QED) is 0.934. The molecular formula is C15H19ClN2O. The average molecular weight is 279 g/mol. The second-order valence-corrected chi connectivity index (χ2v) is 5.99. The summed E-state index contributed by atoms with van der Waals surface area (Å²) in [5, 5.41) is 11.7. The van der Waals surface area contributed by atoms with Gasteiger partial charge < -0.3 is 5.11 Å². The molecule has 0 bridgehead atoms. The lowest BCUT2D eigenvalue weighted by atomic mass is 10.1. The summed E-state index contributed by atoms with van der Waals surface area (Å²) in [5.41, 5.74) is 1.21. The molecule has 19 heavy (non-hydrogen) atoms. The number of rotatable bonds is 4. The fourth-order valence-corrected chi connectivity index (χ4v) is 2.53. The van der Waals surface area contributed by atoms with Gasteiger partial charge in [0.1, 0.15) is 0 Å². The lowest BCUT2D eigenvalue weighted by molar-refractivity contribution is 0.0426. The van der Waals surface area contributed by atoms with Crippen molar-refractivity contribution in [2.75, 3.05) is 13.6 Å². The van der Waals surface area contributed by atoms with Gasteiger partial charge in [-0.25, -0.2) is 0 Å². The summed E-state index contributed by atoms with van der Waals surface area (Å²) in [6.45, 7) is 4.84. The van der Waals surface area contributed by atoms with E-state index in [1.165, 1.54) is 0 Å². The maximum Gasteiger partial charge on any atom is 0.0761 e. The summed E-state index contributed by atoms with van der Waals surface area (Å²) in [6.07, 6.45) is 1.78. The zero-order chi connectivity index (χ0) is 14.0. The number of halogens is 1. The highest BCUT2D eigenvalue weighted by Crippen LogP contribution is 2.25. The number of hydrogen-bond acceptors (Lipinski definition) is 3. The molecule has 0 saturated carbocycles. The number of aromatic nitrogens is 1. The minimum absolute atomic E-state index is 0.576.